The zero-order valence-corrected chi connectivity index (χ0v) is 8.10. The molecule has 0 amide bonds. The number of aliphatic hydroxyl groups excluding tert-OH is 1. The van der Waals surface area contributed by atoms with E-state index in [-0.39, 0.29) is 6.42 Å². The minimum absolute atomic E-state index is 0.0303. The molecule has 0 radical (unpaired) electrons. The van der Waals surface area contributed by atoms with E-state index in [0.717, 1.165) is 11.1 Å². The lowest BCUT2D eigenvalue weighted by Gasteiger charge is -2.07. The summed E-state index contributed by atoms with van der Waals surface area (Å²) in [6.07, 6.45) is 0.245. The van der Waals surface area contributed by atoms with Gasteiger partial charge in [0.25, 0.3) is 0 Å². The molecule has 0 aromatic heterocycles. The van der Waals surface area contributed by atoms with Crippen molar-refractivity contribution in [3.8, 4) is 0 Å². The van der Waals surface area contributed by atoms with E-state index in [1.807, 2.05) is 6.92 Å². The quantitative estimate of drug-likeness (QED) is 0.767. The fourth-order valence-corrected chi connectivity index (χ4v) is 1.27. The van der Waals surface area contributed by atoms with Crippen molar-refractivity contribution < 1.29 is 15.0 Å². The van der Waals surface area contributed by atoms with E-state index in [1.165, 1.54) is 0 Å². The molecule has 76 valence electrons. The van der Waals surface area contributed by atoms with Crippen LogP contribution in [-0.2, 0) is 11.2 Å². The van der Waals surface area contributed by atoms with Gasteiger partial charge in [0.2, 0.25) is 0 Å². The van der Waals surface area contributed by atoms with Gasteiger partial charge in [-0.05, 0) is 17.5 Å². The number of carbonyl (C=O) groups is 1. The van der Waals surface area contributed by atoms with Gasteiger partial charge in [0.1, 0.15) is 0 Å². The molecule has 0 spiro atoms. The van der Waals surface area contributed by atoms with Gasteiger partial charge in [-0.25, -0.2) is 0 Å². The first-order valence-electron chi connectivity index (χ1n) is 4.62. The zero-order chi connectivity index (χ0) is 10.6. The highest BCUT2D eigenvalue weighted by Gasteiger charge is 2.05. The molecule has 0 saturated carbocycles. The molecule has 0 bridgehead atoms. The molecule has 0 aliphatic rings. The summed E-state index contributed by atoms with van der Waals surface area (Å²) in [6.45, 7) is 1.90. The Bertz CT molecular complexity index is 303. The number of carboxylic acids is 1. The molecule has 14 heavy (non-hydrogen) atoms. The zero-order valence-electron chi connectivity index (χ0n) is 8.10. The number of hydrogen-bond acceptors (Lipinski definition) is 2. The third-order valence-electron chi connectivity index (χ3n) is 2.11. The van der Waals surface area contributed by atoms with Crippen molar-refractivity contribution >= 4 is 5.97 Å². The summed E-state index contributed by atoms with van der Waals surface area (Å²) in [6, 6.07) is 7.02. The second kappa shape index (κ2) is 4.77. The van der Waals surface area contributed by atoms with E-state index in [1.54, 1.807) is 24.3 Å². The lowest BCUT2D eigenvalue weighted by Crippen LogP contribution is -2.01. The highest BCUT2D eigenvalue weighted by molar-refractivity contribution is 5.70. The van der Waals surface area contributed by atoms with E-state index in [4.69, 9.17) is 5.11 Å². The molecule has 1 atom stereocenters. The summed E-state index contributed by atoms with van der Waals surface area (Å²) < 4.78 is 0. The van der Waals surface area contributed by atoms with E-state index in [2.05, 4.69) is 0 Å². The molecule has 0 aliphatic carbocycles. The molecule has 1 aromatic carbocycles. The smallest absolute Gasteiger partial charge is 0.307 e. The van der Waals surface area contributed by atoms with Crippen LogP contribution in [0.1, 0.15) is 30.6 Å². The highest BCUT2D eigenvalue weighted by Crippen LogP contribution is 2.16. The Morgan fingerprint density at radius 3 is 2.36 bits per heavy atom. The summed E-state index contributed by atoms with van der Waals surface area (Å²) in [5.41, 5.74) is 1.59. The van der Waals surface area contributed by atoms with Crippen LogP contribution >= 0.6 is 0 Å². The average Bonchev–Trinajstić information content (AvgIpc) is 2.17. The summed E-state index contributed by atoms with van der Waals surface area (Å²) >= 11 is 0. The van der Waals surface area contributed by atoms with Crippen molar-refractivity contribution in [1.29, 1.82) is 0 Å². The highest BCUT2D eigenvalue weighted by atomic mass is 16.4. The third kappa shape index (κ3) is 2.85. The fraction of sp³-hybridized carbons (Fsp3) is 0.364. The van der Waals surface area contributed by atoms with Crippen LogP contribution in [0.5, 0.6) is 0 Å². The van der Waals surface area contributed by atoms with Gasteiger partial charge in [-0.3, -0.25) is 4.79 Å². The van der Waals surface area contributed by atoms with E-state index in [9.17, 15) is 9.90 Å². The molecule has 0 heterocycles. The predicted octanol–water partition coefficient (Wildman–Crippen LogP) is 1.76. The minimum Gasteiger partial charge on any atom is -0.481 e. The van der Waals surface area contributed by atoms with Crippen LogP contribution in [0, 0.1) is 0 Å². The number of hydrogen-bond donors (Lipinski definition) is 2. The molecule has 0 saturated heterocycles. The van der Waals surface area contributed by atoms with Gasteiger partial charge in [-0.1, -0.05) is 31.2 Å². The maximum atomic E-state index is 10.4. The lowest BCUT2D eigenvalue weighted by molar-refractivity contribution is -0.136. The number of benzene rings is 1. The Hall–Kier alpha value is -1.35. The maximum Gasteiger partial charge on any atom is 0.307 e. The second-order valence-corrected chi connectivity index (χ2v) is 3.24. The Balaban J connectivity index is 2.73. The van der Waals surface area contributed by atoms with Gasteiger partial charge in [-0.15, -0.1) is 0 Å². The molecule has 0 fully saturated rings. The summed E-state index contributed by atoms with van der Waals surface area (Å²) in [5, 5.41) is 18.0. The van der Waals surface area contributed by atoms with Crippen LogP contribution in [-0.4, -0.2) is 16.2 Å². The van der Waals surface area contributed by atoms with Crippen LogP contribution in [0.15, 0.2) is 24.3 Å². The van der Waals surface area contributed by atoms with Crippen LogP contribution in [0.4, 0.5) is 0 Å². The Morgan fingerprint density at radius 2 is 1.93 bits per heavy atom. The summed E-state index contributed by atoms with van der Waals surface area (Å²) in [5.74, 6) is -0.839. The third-order valence-corrected chi connectivity index (χ3v) is 2.11. The van der Waals surface area contributed by atoms with Crippen molar-refractivity contribution in [1.82, 2.24) is 0 Å². The van der Waals surface area contributed by atoms with Gasteiger partial charge < -0.3 is 10.2 Å². The molecule has 1 rings (SSSR count). The minimum atomic E-state index is -0.839. The van der Waals surface area contributed by atoms with Gasteiger partial charge in [0.05, 0.1) is 12.5 Å². The molecule has 1 aromatic rings. The van der Waals surface area contributed by atoms with Gasteiger partial charge in [0, 0.05) is 0 Å². The van der Waals surface area contributed by atoms with Crippen LogP contribution in [0.3, 0.4) is 0 Å². The van der Waals surface area contributed by atoms with E-state index < -0.39 is 12.1 Å². The first kappa shape index (κ1) is 10.7. The SMILES string of the molecule is CCC(O)c1ccc(CC(=O)O)cc1. The van der Waals surface area contributed by atoms with Crippen LogP contribution < -0.4 is 0 Å². The number of carboxylic acid groups (broad SMARTS) is 1. The molecular weight excluding hydrogens is 180 g/mol. The van der Waals surface area contributed by atoms with Crippen LogP contribution in [0.25, 0.3) is 0 Å². The molecule has 3 nitrogen and oxygen atoms in total. The lowest BCUT2D eigenvalue weighted by atomic mass is 10.0. The van der Waals surface area contributed by atoms with Crippen molar-refractivity contribution in [2.45, 2.75) is 25.9 Å². The van der Waals surface area contributed by atoms with Crippen LogP contribution in [0.2, 0.25) is 0 Å². The predicted molar refractivity (Wildman–Crippen MR) is 53.0 cm³/mol. The van der Waals surface area contributed by atoms with Gasteiger partial charge >= 0.3 is 5.97 Å². The number of aliphatic carboxylic acids is 1. The molecule has 1 unspecified atom stereocenters. The average molecular weight is 194 g/mol. The first-order valence-corrected chi connectivity index (χ1v) is 4.62. The van der Waals surface area contributed by atoms with Crippen molar-refractivity contribution in [3.05, 3.63) is 35.4 Å². The van der Waals surface area contributed by atoms with E-state index in [0.29, 0.717) is 6.42 Å². The molecule has 0 aliphatic heterocycles. The standard InChI is InChI=1S/C11H14O3/c1-2-10(12)9-5-3-8(4-6-9)7-11(13)14/h3-6,10,12H,2,7H2,1H3,(H,13,14). The van der Waals surface area contributed by atoms with Crippen molar-refractivity contribution in [2.75, 3.05) is 0 Å². The largest absolute Gasteiger partial charge is 0.481 e. The summed E-state index contributed by atoms with van der Waals surface area (Å²) in [4.78, 5) is 10.4. The maximum absolute atomic E-state index is 10.4. The molecular formula is C11H14O3. The van der Waals surface area contributed by atoms with E-state index >= 15 is 0 Å². The Morgan fingerprint density at radius 1 is 1.36 bits per heavy atom. The first-order chi connectivity index (χ1) is 6.63. The molecule has 3 heteroatoms. The second-order valence-electron chi connectivity index (χ2n) is 3.24. The van der Waals surface area contributed by atoms with Gasteiger partial charge in [-0.2, -0.15) is 0 Å². The fourth-order valence-electron chi connectivity index (χ4n) is 1.27. The number of rotatable bonds is 4. The molecule has 2 N–H and O–H groups in total. The Labute approximate surface area is 83.0 Å². The monoisotopic (exact) mass is 194 g/mol. The number of aliphatic hydroxyl groups is 1. The normalized spacial score (nSPS) is 12.4. The van der Waals surface area contributed by atoms with Gasteiger partial charge in [0.15, 0.2) is 0 Å². The van der Waals surface area contributed by atoms with Crippen molar-refractivity contribution in [2.24, 2.45) is 0 Å². The Kier molecular flexibility index (Phi) is 3.65. The van der Waals surface area contributed by atoms with Crippen molar-refractivity contribution in [3.63, 3.8) is 0 Å². The topological polar surface area (TPSA) is 57.5 Å². The summed E-state index contributed by atoms with van der Waals surface area (Å²) in [7, 11) is 0.